The molecule has 1 aliphatic carbocycles. The molecule has 0 spiro atoms. The Morgan fingerprint density at radius 1 is 1.11 bits per heavy atom. The summed E-state index contributed by atoms with van der Waals surface area (Å²) < 4.78 is 53.4. The van der Waals surface area contributed by atoms with Gasteiger partial charge in [0, 0.05) is 12.5 Å². The fraction of sp³-hybridized carbons (Fsp3) is 0.381. The van der Waals surface area contributed by atoms with Crippen molar-refractivity contribution in [1.29, 1.82) is 0 Å². The van der Waals surface area contributed by atoms with Gasteiger partial charge in [-0.25, -0.2) is 4.39 Å². The quantitative estimate of drug-likeness (QED) is 0.668. The number of benzene rings is 2. The summed E-state index contributed by atoms with van der Waals surface area (Å²) in [6.45, 7) is 2.35. The van der Waals surface area contributed by atoms with E-state index < -0.39 is 23.6 Å². The highest BCUT2D eigenvalue weighted by Gasteiger charge is 2.50. The fourth-order valence-electron chi connectivity index (χ4n) is 4.19. The van der Waals surface area contributed by atoms with Crippen molar-refractivity contribution in [2.24, 2.45) is 5.92 Å². The minimum absolute atomic E-state index is 0.139. The van der Waals surface area contributed by atoms with Gasteiger partial charge in [-0.2, -0.15) is 13.2 Å². The summed E-state index contributed by atoms with van der Waals surface area (Å²) in [5.41, 5.74) is 1.33. The summed E-state index contributed by atoms with van der Waals surface area (Å²) in [5, 5.41) is 0. The average Bonchev–Trinajstić information content (AvgIpc) is 3.42. The van der Waals surface area contributed by atoms with Crippen molar-refractivity contribution >= 4 is 5.91 Å². The maximum Gasteiger partial charge on any atom is 0.416 e. The summed E-state index contributed by atoms with van der Waals surface area (Å²) in [5.74, 6) is -1.33. The molecule has 1 amide bonds. The van der Waals surface area contributed by atoms with Gasteiger partial charge in [0.15, 0.2) is 0 Å². The van der Waals surface area contributed by atoms with Crippen molar-refractivity contribution in [1.82, 2.24) is 4.90 Å². The molecule has 1 saturated carbocycles. The van der Waals surface area contributed by atoms with Gasteiger partial charge in [0.25, 0.3) is 0 Å². The van der Waals surface area contributed by atoms with Crippen LogP contribution in [0.25, 0.3) is 0 Å². The molecule has 0 bridgehead atoms. The van der Waals surface area contributed by atoms with Gasteiger partial charge in [0.2, 0.25) is 5.91 Å². The summed E-state index contributed by atoms with van der Waals surface area (Å²) in [7, 11) is 0. The van der Waals surface area contributed by atoms with Gasteiger partial charge < -0.3 is 4.90 Å². The van der Waals surface area contributed by atoms with E-state index in [1.807, 2.05) is 6.92 Å². The lowest BCUT2D eigenvalue weighted by molar-refractivity contribution is -0.139. The molecule has 1 heterocycles. The van der Waals surface area contributed by atoms with Crippen LogP contribution in [-0.2, 0) is 17.4 Å². The van der Waals surface area contributed by atoms with Crippen molar-refractivity contribution < 1.29 is 22.4 Å². The zero-order valence-corrected chi connectivity index (χ0v) is 14.8. The van der Waals surface area contributed by atoms with Crippen molar-refractivity contribution in [2.75, 3.05) is 6.54 Å². The third-order valence-corrected chi connectivity index (χ3v) is 5.70. The largest absolute Gasteiger partial charge is 0.416 e. The summed E-state index contributed by atoms with van der Waals surface area (Å²) >= 11 is 0. The van der Waals surface area contributed by atoms with Gasteiger partial charge in [-0.1, -0.05) is 24.3 Å². The second kappa shape index (κ2) is 6.36. The molecular formula is C21H19F4NO. The molecule has 0 aromatic heterocycles. The van der Waals surface area contributed by atoms with Crippen LogP contribution < -0.4 is 0 Å². The van der Waals surface area contributed by atoms with Crippen molar-refractivity contribution in [3.63, 3.8) is 0 Å². The molecule has 2 nitrogen and oxygen atoms in total. The van der Waals surface area contributed by atoms with Crippen LogP contribution in [0.1, 0.15) is 47.6 Å². The van der Waals surface area contributed by atoms with Crippen LogP contribution in [0.2, 0.25) is 0 Å². The number of hydrogen-bond donors (Lipinski definition) is 0. The van der Waals surface area contributed by atoms with Crippen LogP contribution in [0.5, 0.6) is 0 Å². The van der Waals surface area contributed by atoms with Gasteiger partial charge in [-0.3, -0.25) is 4.79 Å². The van der Waals surface area contributed by atoms with E-state index in [0.29, 0.717) is 19.4 Å². The maximum absolute atomic E-state index is 13.6. The van der Waals surface area contributed by atoms with Gasteiger partial charge in [-0.15, -0.1) is 0 Å². The number of hydrogen-bond acceptors (Lipinski definition) is 1. The third kappa shape index (κ3) is 3.22. The van der Waals surface area contributed by atoms with Crippen molar-refractivity contribution in [3.8, 4) is 0 Å². The van der Waals surface area contributed by atoms with Crippen LogP contribution >= 0.6 is 0 Å². The maximum atomic E-state index is 13.6. The number of nitrogens with zero attached hydrogens (tertiary/aromatic N) is 1. The zero-order chi connectivity index (χ0) is 19.3. The number of alkyl halides is 3. The van der Waals surface area contributed by atoms with Crippen LogP contribution in [-0.4, -0.2) is 17.4 Å². The normalized spacial score (nSPS) is 24.5. The first-order chi connectivity index (χ1) is 12.8. The molecule has 2 aromatic carbocycles. The lowest BCUT2D eigenvalue weighted by Gasteiger charge is -2.35. The Morgan fingerprint density at radius 2 is 1.85 bits per heavy atom. The van der Waals surface area contributed by atoms with Gasteiger partial charge in [0.1, 0.15) is 5.82 Å². The average molecular weight is 377 g/mol. The topological polar surface area (TPSA) is 20.3 Å². The van der Waals surface area contributed by atoms with Crippen LogP contribution in [0.15, 0.2) is 42.5 Å². The highest BCUT2D eigenvalue weighted by Crippen LogP contribution is 2.52. The first kappa shape index (κ1) is 18.0. The second-order valence-electron chi connectivity index (χ2n) is 7.33. The summed E-state index contributed by atoms with van der Waals surface area (Å²) in [6, 6.07) is 9.79. The molecule has 0 N–H and O–H groups in total. The van der Waals surface area contributed by atoms with Crippen LogP contribution in [0.3, 0.4) is 0 Å². The lowest BCUT2D eigenvalue weighted by atomic mass is 9.92. The Hall–Kier alpha value is -2.37. The van der Waals surface area contributed by atoms with E-state index in [0.717, 1.165) is 17.2 Å². The smallest absolute Gasteiger partial charge is 0.335 e. The Morgan fingerprint density at radius 3 is 2.59 bits per heavy atom. The number of halogens is 4. The van der Waals surface area contributed by atoms with Crippen LogP contribution in [0, 0.1) is 11.7 Å². The molecule has 142 valence electrons. The Kier molecular flexibility index (Phi) is 4.24. The minimum atomic E-state index is -4.43. The second-order valence-corrected chi connectivity index (χ2v) is 7.33. The molecule has 27 heavy (non-hydrogen) atoms. The van der Waals surface area contributed by atoms with Crippen molar-refractivity contribution in [3.05, 3.63) is 70.5 Å². The standard InChI is InChI=1S/C21H19F4NO/c1-12-16-10-14(22)7-6-13(16)8-9-26(12)20(27)18-11-17(18)15-4-2-3-5-19(15)21(23,24)25/h2-7,10,12,17-18H,8-9,11H2,1H3. The molecule has 3 unspecified atom stereocenters. The van der Waals surface area contributed by atoms with Crippen LogP contribution in [0.4, 0.5) is 17.6 Å². The van der Waals surface area contributed by atoms with E-state index in [-0.39, 0.29) is 23.3 Å². The molecular weight excluding hydrogens is 358 g/mol. The molecule has 0 radical (unpaired) electrons. The molecule has 2 aliphatic rings. The molecule has 1 aliphatic heterocycles. The molecule has 6 heteroatoms. The van der Waals surface area contributed by atoms with E-state index >= 15 is 0 Å². The molecule has 3 atom stereocenters. The fourth-order valence-corrected chi connectivity index (χ4v) is 4.19. The van der Waals surface area contributed by atoms with Gasteiger partial charge in [-0.05, 0) is 60.6 Å². The summed E-state index contributed by atoms with van der Waals surface area (Å²) in [4.78, 5) is 14.6. The molecule has 0 saturated heterocycles. The minimum Gasteiger partial charge on any atom is -0.335 e. The molecule has 4 rings (SSSR count). The predicted molar refractivity (Wildman–Crippen MR) is 92.5 cm³/mol. The van der Waals surface area contributed by atoms with E-state index in [1.165, 1.54) is 24.3 Å². The first-order valence-corrected chi connectivity index (χ1v) is 9.02. The van der Waals surface area contributed by atoms with Crippen molar-refractivity contribution in [2.45, 2.75) is 37.9 Å². The van der Waals surface area contributed by atoms with Gasteiger partial charge >= 0.3 is 6.18 Å². The predicted octanol–water partition coefficient (Wildman–Crippen LogP) is 5.09. The highest BCUT2D eigenvalue weighted by molar-refractivity contribution is 5.84. The van der Waals surface area contributed by atoms with E-state index in [1.54, 1.807) is 17.0 Å². The zero-order valence-electron chi connectivity index (χ0n) is 14.8. The summed E-state index contributed by atoms with van der Waals surface area (Å²) in [6.07, 6.45) is -3.38. The monoisotopic (exact) mass is 377 g/mol. The van der Waals surface area contributed by atoms with E-state index in [4.69, 9.17) is 0 Å². The van der Waals surface area contributed by atoms with E-state index in [2.05, 4.69) is 0 Å². The number of amides is 1. The number of carbonyl (C=O) groups excluding carboxylic acids is 1. The van der Waals surface area contributed by atoms with Gasteiger partial charge in [0.05, 0.1) is 11.6 Å². The van der Waals surface area contributed by atoms with E-state index in [9.17, 15) is 22.4 Å². The Balaban J connectivity index is 1.55. The third-order valence-electron chi connectivity index (χ3n) is 5.70. The Labute approximate surface area is 154 Å². The molecule has 2 aromatic rings. The number of carbonyl (C=O) groups is 1. The molecule has 1 fully saturated rings. The SMILES string of the molecule is CC1c2cc(F)ccc2CCN1C(=O)C1CC1c1ccccc1C(F)(F)F. The Bertz CT molecular complexity index is 892. The lowest BCUT2D eigenvalue weighted by Crippen LogP contribution is -2.40. The number of rotatable bonds is 2. The first-order valence-electron chi connectivity index (χ1n) is 9.02. The number of fused-ring (bicyclic) bond motifs is 1. The highest BCUT2D eigenvalue weighted by atomic mass is 19.4.